The van der Waals surface area contributed by atoms with Crippen molar-refractivity contribution in [2.45, 2.75) is 18.7 Å². The third kappa shape index (κ3) is 2.96. The lowest BCUT2D eigenvalue weighted by molar-refractivity contribution is -0.0402. The van der Waals surface area contributed by atoms with E-state index in [1.54, 1.807) is 6.07 Å². The number of alkyl halides is 3. The summed E-state index contributed by atoms with van der Waals surface area (Å²) in [6.45, 7) is 0. The number of aliphatic hydroxyl groups excluding tert-OH is 1. The summed E-state index contributed by atoms with van der Waals surface area (Å²) in [5, 5.41) is 9.48. The summed E-state index contributed by atoms with van der Waals surface area (Å²) in [5.74, 6) is -1.16. The smallest absolute Gasteiger partial charge is 0.267 e. The predicted molar refractivity (Wildman–Crippen MR) is 68.6 cm³/mol. The van der Waals surface area contributed by atoms with E-state index in [-0.39, 0.29) is 4.88 Å². The fourth-order valence-corrected chi connectivity index (χ4v) is 2.74. The van der Waals surface area contributed by atoms with E-state index in [1.807, 2.05) is 0 Å². The molecule has 0 spiro atoms. The number of nitrogens with zero attached hydrogens (tertiary/aromatic N) is 1. The molecule has 0 bridgehead atoms. The van der Waals surface area contributed by atoms with Gasteiger partial charge in [-0.1, -0.05) is 0 Å². The Bertz CT molecular complexity index is 619. The number of carbonyl (C=O) groups excluding carboxylic acids is 1. The first-order chi connectivity index (χ1) is 8.90. The number of carbonyl (C=O) groups is 1. The summed E-state index contributed by atoms with van der Waals surface area (Å²) in [6.07, 6.45) is -7.05. The van der Waals surface area contributed by atoms with Crippen LogP contribution in [0, 0.1) is 0 Å². The SMILES string of the molecule is O=C(c1cc2cc(Br)cnc2s1)C(F)C(O)C(F)F. The highest BCUT2D eigenvalue weighted by atomic mass is 79.9. The highest BCUT2D eigenvalue weighted by Gasteiger charge is 2.34. The van der Waals surface area contributed by atoms with Crippen LogP contribution in [0.15, 0.2) is 22.8 Å². The summed E-state index contributed by atoms with van der Waals surface area (Å²) in [6, 6.07) is 3.04. The van der Waals surface area contributed by atoms with Crippen molar-refractivity contribution in [1.82, 2.24) is 4.98 Å². The molecule has 19 heavy (non-hydrogen) atoms. The van der Waals surface area contributed by atoms with Crippen LogP contribution in [-0.4, -0.2) is 34.6 Å². The average molecular weight is 354 g/mol. The van der Waals surface area contributed by atoms with Gasteiger partial charge in [-0.15, -0.1) is 11.3 Å². The molecule has 0 aliphatic heterocycles. The van der Waals surface area contributed by atoms with Crippen LogP contribution in [0.5, 0.6) is 0 Å². The maximum absolute atomic E-state index is 13.4. The summed E-state index contributed by atoms with van der Waals surface area (Å²) in [7, 11) is 0. The number of rotatable bonds is 4. The molecule has 8 heteroatoms. The molecule has 0 amide bonds. The molecule has 2 aromatic heterocycles. The molecule has 2 heterocycles. The van der Waals surface area contributed by atoms with Gasteiger partial charge in [-0.05, 0) is 28.1 Å². The Labute approximate surface area is 118 Å². The number of aromatic nitrogens is 1. The fraction of sp³-hybridized carbons (Fsp3) is 0.273. The zero-order chi connectivity index (χ0) is 14.2. The second-order valence-electron chi connectivity index (χ2n) is 3.75. The van der Waals surface area contributed by atoms with Crippen molar-refractivity contribution in [2.75, 3.05) is 0 Å². The van der Waals surface area contributed by atoms with Gasteiger partial charge in [-0.3, -0.25) is 4.79 Å². The van der Waals surface area contributed by atoms with Crippen molar-refractivity contribution in [2.24, 2.45) is 0 Å². The molecule has 3 nitrogen and oxygen atoms in total. The molecule has 0 aliphatic rings. The highest BCUT2D eigenvalue weighted by Crippen LogP contribution is 2.28. The van der Waals surface area contributed by atoms with Gasteiger partial charge < -0.3 is 5.11 Å². The summed E-state index contributed by atoms with van der Waals surface area (Å²) in [5.41, 5.74) is 0. The van der Waals surface area contributed by atoms with Crippen molar-refractivity contribution in [3.63, 3.8) is 0 Å². The molecule has 0 fully saturated rings. The molecule has 102 valence electrons. The lowest BCUT2D eigenvalue weighted by atomic mass is 10.1. The number of thiophene rings is 1. The van der Waals surface area contributed by atoms with Crippen LogP contribution in [0.1, 0.15) is 9.67 Å². The van der Waals surface area contributed by atoms with Crippen LogP contribution < -0.4 is 0 Å². The van der Waals surface area contributed by atoms with E-state index in [9.17, 15) is 18.0 Å². The van der Waals surface area contributed by atoms with Gasteiger partial charge in [0.05, 0.1) is 4.88 Å². The zero-order valence-electron chi connectivity index (χ0n) is 9.19. The maximum Gasteiger partial charge on any atom is 0.267 e. The van der Waals surface area contributed by atoms with E-state index < -0.39 is 24.5 Å². The topological polar surface area (TPSA) is 50.2 Å². The van der Waals surface area contributed by atoms with E-state index >= 15 is 0 Å². The number of aliphatic hydroxyl groups is 1. The van der Waals surface area contributed by atoms with E-state index in [0.29, 0.717) is 14.7 Å². The molecule has 2 unspecified atom stereocenters. The molecule has 2 rings (SSSR count). The van der Waals surface area contributed by atoms with E-state index in [1.165, 1.54) is 12.3 Å². The lowest BCUT2D eigenvalue weighted by Gasteiger charge is -2.12. The van der Waals surface area contributed by atoms with Gasteiger partial charge in [0.2, 0.25) is 5.78 Å². The van der Waals surface area contributed by atoms with Gasteiger partial charge in [0.1, 0.15) is 4.83 Å². The van der Waals surface area contributed by atoms with Crippen molar-refractivity contribution >= 4 is 43.3 Å². The number of pyridine rings is 1. The number of hydrogen-bond donors (Lipinski definition) is 1. The third-order valence-electron chi connectivity index (χ3n) is 2.39. The minimum absolute atomic E-state index is 0.0483. The predicted octanol–water partition coefficient (Wildman–Crippen LogP) is 3.21. The van der Waals surface area contributed by atoms with E-state index in [4.69, 9.17) is 5.11 Å². The number of fused-ring (bicyclic) bond motifs is 1. The van der Waals surface area contributed by atoms with Gasteiger partial charge in [-0.25, -0.2) is 18.2 Å². The summed E-state index contributed by atoms with van der Waals surface area (Å²) in [4.78, 5) is 16.1. The van der Waals surface area contributed by atoms with Gasteiger partial charge in [0, 0.05) is 16.1 Å². The number of hydrogen-bond acceptors (Lipinski definition) is 4. The van der Waals surface area contributed by atoms with Crippen molar-refractivity contribution in [1.29, 1.82) is 0 Å². The van der Waals surface area contributed by atoms with Crippen LogP contribution in [0.2, 0.25) is 0 Å². The minimum atomic E-state index is -3.31. The van der Waals surface area contributed by atoms with Gasteiger partial charge in [0.25, 0.3) is 6.43 Å². The van der Waals surface area contributed by atoms with Crippen LogP contribution in [-0.2, 0) is 0 Å². The summed E-state index contributed by atoms with van der Waals surface area (Å²) >= 11 is 4.09. The molecule has 0 aromatic carbocycles. The Kier molecular flexibility index (Phi) is 4.22. The number of Topliss-reactive ketones (excluding diaryl/α,β-unsaturated/α-hetero) is 1. The lowest BCUT2D eigenvalue weighted by Crippen LogP contribution is -2.35. The summed E-state index contributed by atoms with van der Waals surface area (Å²) < 4.78 is 38.4. The molecule has 0 saturated carbocycles. The Morgan fingerprint density at radius 1 is 1.37 bits per heavy atom. The third-order valence-corrected chi connectivity index (χ3v) is 3.90. The largest absolute Gasteiger partial charge is 0.384 e. The van der Waals surface area contributed by atoms with Crippen LogP contribution in [0.4, 0.5) is 13.2 Å². The normalized spacial score (nSPS) is 14.8. The second kappa shape index (κ2) is 5.56. The number of ketones is 1. The quantitative estimate of drug-likeness (QED) is 0.858. The Hall–Kier alpha value is -0.990. The standard InChI is InChI=1S/C11H7BrF3NO2S/c12-5-1-4-2-6(19-11(4)16-3-5)8(17)7(13)9(18)10(14)15/h1-3,7,9-10,18H. The highest BCUT2D eigenvalue weighted by molar-refractivity contribution is 9.10. The van der Waals surface area contributed by atoms with Crippen LogP contribution >= 0.6 is 27.3 Å². The monoisotopic (exact) mass is 353 g/mol. The average Bonchev–Trinajstić information content (AvgIpc) is 2.78. The van der Waals surface area contributed by atoms with E-state index in [0.717, 1.165) is 11.3 Å². The first-order valence-corrected chi connectivity index (χ1v) is 6.70. The molecular weight excluding hydrogens is 347 g/mol. The Morgan fingerprint density at radius 2 is 2.05 bits per heavy atom. The molecule has 2 atom stereocenters. The minimum Gasteiger partial charge on any atom is -0.384 e. The van der Waals surface area contributed by atoms with Crippen LogP contribution in [0.3, 0.4) is 0 Å². The molecular formula is C11H7BrF3NO2S. The molecule has 1 N–H and O–H groups in total. The molecule has 0 radical (unpaired) electrons. The fourth-order valence-electron chi connectivity index (χ4n) is 1.45. The van der Waals surface area contributed by atoms with E-state index in [2.05, 4.69) is 20.9 Å². The van der Waals surface area contributed by atoms with Gasteiger partial charge in [-0.2, -0.15) is 0 Å². The molecule has 2 aromatic rings. The van der Waals surface area contributed by atoms with Crippen molar-refractivity contribution in [3.05, 3.63) is 27.7 Å². The Morgan fingerprint density at radius 3 is 2.68 bits per heavy atom. The molecule has 0 saturated heterocycles. The zero-order valence-corrected chi connectivity index (χ0v) is 11.6. The van der Waals surface area contributed by atoms with Crippen molar-refractivity contribution < 1.29 is 23.1 Å². The maximum atomic E-state index is 13.4. The van der Waals surface area contributed by atoms with Crippen LogP contribution in [0.25, 0.3) is 10.2 Å². The Balaban J connectivity index is 2.31. The number of halogens is 4. The molecule has 0 aliphatic carbocycles. The van der Waals surface area contributed by atoms with Gasteiger partial charge >= 0.3 is 0 Å². The first-order valence-electron chi connectivity index (χ1n) is 5.09. The van der Waals surface area contributed by atoms with Gasteiger partial charge in [0.15, 0.2) is 12.3 Å². The first kappa shape index (κ1) is 14.4. The second-order valence-corrected chi connectivity index (χ2v) is 5.70. The van der Waals surface area contributed by atoms with Crippen molar-refractivity contribution in [3.8, 4) is 0 Å².